The molecule has 0 aromatic rings. The summed E-state index contributed by atoms with van der Waals surface area (Å²) in [5, 5.41) is 15.0. The van der Waals surface area contributed by atoms with Crippen LogP contribution in [-0.4, -0.2) is 36.8 Å². The van der Waals surface area contributed by atoms with Gasteiger partial charge in [0.1, 0.15) is 0 Å². The van der Waals surface area contributed by atoms with Crippen LogP contribution in [0.1, 0.15) is 25.7 Å². The molecule has 2 unspecified atom stereocenters. The fraction of sp³-hybridized carbons (Fsp3) is 0.889. The lowest BCUT2D eigenvalue weighted by atomic mass is 9.93. The van der Waals surface area contributed by atoms with Crippen LogP contribution in [0, 0.1) is 0 Å². The highest BCUT2D eigenvalue weighted by Gasteiger charge is 2.20. The van der Waals surface area contributed by atoms with E-state index < -0.39 is 0 Å². The van der Waals surface area contributed by atoms with Gasteiger partial charge in [-0.05, 0) is 32.7 Å². The smallest absolute Gasteiger partial charge is 0.234 e. The molecule has 0 spiro atoms. The first-order chi connectivity index (χ1) is 6.22. The Balaban J connectivity index is 2.23. The van der Waals surface area contributed by atoms with Gasteiger partial charge in [-0.1, -0.05) is 0 Å². The minimum Gasteiger partial charge on any atom is -0.393 e. The number of nitrogens with one attached hydrogen (secondary N) is 2. The number of likely N-dealkylation sites (N-methyl/N-ethyl adjacent to an activating group) is 1. The number of rotatable bonds is 3. The summed E-state index contributed by atoms with van der Waals surface area (Å²) in [6.45, 7) is 0.354. The summed E-state index contributed by atoms with van der Waals surface area (Å²) in [4.78, 5) is 11.2. The van der Waals surface area contributed by atoms with Gasteiger partial charge in [-0.25, -0.2) is 0 Å². The van der Waals surface area contributed by atoms with E-state index in [0.29, 0.717) is 13.0 Å². The van der Waals surface area contributed by atoms with Gasteiger partial charge in [0, 0.05) is 6.04 Å². The summed E-state index contributed by atoms with van der Waals surface area (Å²) in [5.74, 6) is 0.0154. The molecule has 4 nitrogen and oxygen atoms in total. The number of hydrogen-bond donors (Lipinski definition) is 3. The largest absolute Gasteiger partial charge is 0.393 e. The number of carbonyl (C=O) groups is 1. The Bertz CT molecular complexity index is 173. The monoisotopic (exact) mass is 186 g/mol. The van der Waals surface area contributed by atoms with Crippen LogP contribution in [0.4, 0.5) is 0 Å². The zero-order valence-electron chi connectivity index (χ0n) is 8.05. The second kappa shape index (κ2) is 5.19. The molecule has 1 aliphatic carbocycles. The van der Waals surface area contributed by atoms with Crippen molar-refractivity contribution in [2.75, 3.05) is 13.6 Å². The molecule has 1 amide bonds. The number of amides is 1. The van der Waals surface area contributed by atoms with Gasteiger partial charge in [-0.2, -0.15) is 0 Å². The van der Waals surface area contributed by atoms with Gasteiger partial charge in [-0.15, -0.1) is 0 Å². The molecule has 1 rings (SSSR count). The zero-order chi connectivity index (χ0) is 9.68. The van der Waals surface area contributed by atoms with E-state index in [1.54, 1.807) is 7.05 Å². The lowest BCUT2D eigenvalue weighted by Gasteiger charge is -2.26. The van der Waals surface area contributed by atoms with Gasteiger partial charge in [0.25, 0.3) is 0 Å². The van der Waals surface area contributed by atoms with Crippen molar-refractivity contribution in [3.05, 3.63) is 0 Å². The van der Waals surface area contributed by atoms with Crippen molar-refractivity contribution in [2.45, 2.75) is 37.8 Å². The molecule has 1 aliphatic rings. The van der Waals surface area contributed by atoms with Crippen molar-refractivity contribution in [3.63, 3.8) is 0 Å². The Hall–Kier alpha value is -0.610. The average molecular weight is 186 g/mol. The molecule has 2 atom stereocenters. The Kier molecular flexibility index (Phi) is 4.18. The highest BCUT2D eigenvalue weighted by Crippen LogP contribution is 2.17. The van der Waals surface area contributed by atoms with Crippen LogP contribution in [0.2, 0.25) is 0 Å². The summed E-state index contributed by atoms with van der Waals surface area (Å²) in [7, 11) is 1.75. The van der Waals surface area contributed by atoms with Gasteiger partial charge >= 0.3 is 0 Å². The normalized spacial score (nSPS) is 28.5. The highest BCUT2D eigenvalue weighted by atomic mass is 16.3. The Labute approximate surface area is 78.7 Å². The Morgan fingerprint density at radius 2 is 2.31 bits per heavy atom. The molecular formula is C9H18N2O2. The third-order valence-electron chi connectivity index (χ3n) is 2.35. The molecule has 76 valence electrons. The second-order valence-electron chi connectivity index (χ2n) is 3.62. The van der Waals surface area contributed by atoms with Crippen LogP contribution in [-0.2, 0) is 4.79 Å². The van der Waals surface area contributed by atoms with Gasteiger partial charge in [0.05, 0.1) is 12.6 Å². The van der Waals surface area contributed by atoms with Crippen LogP contribution >= 0.6 is 0 Å². The molecule has 0 aromatic heterocycles. The molecule has 0 radical (unpaired) electrons. The number of carbonyl (C=O) groups excluding carboxylic acids is 1. The number of hydrogen-bond acceptors (Lipinski definition) is 3. The van der Waals surface area contributed by atoms with Crippen molar-refractivity contribution in [1.29, 1.82) is 0 Å². The predicted molar refractivity (Wildman–Crippen MR) is 50.3 cm³/mol. The molecule has 4 heteroatoms. The first-order valence-corrected chi connectivity index (χ1v) is 4.84. The molecule has 1 fully saturated rings. The molecule has 0 aromatic carbocycles. The minimum atomic E-state index is -0.228. The van der Waals surface area contributed by atoms with E-state index in [1.807, 2.05) is 0 Å². The Morgan fingerprint density at radius 3 is 2.92 bits per heavy atom. The van der Waals surface area contributed by atoms with Crippen molar-refractivity contribution < 1.29 is 9.90 Å². The van der Waals surface area contributed by atoms with E-state index in [4.69, 9.17) is 0 Å². The first-order valence-electron chi connectivity index (χ1n) is 4.84. The van der Waals surface area contributed by atoms with E-state index in [-0.39, 0.29) is 18.1 Å². The first kappa shape index (κ1) is 10.5. The number of aliphatic hydroxyl groups excluding tert-OH is 1. The topological polar surface area (TPSA) is 61.4 Å². The molecular weight excluding hydrogens is 168 g/mol. The zero-order valence-corrected chi connectivity index (χ0v) is 8.05. The Morgan fingerprint density at radius 1 is 1.54 bits per heavy atom. The summed E-state index contributed by atoms with van der Waals surface area (Å²) in [6, 6.07) is 0.171. The summed E-state index contributed by atoms with van der Waals surface area (Å²) in [5.41, 5.74) is 0. The molecule has 0 heterocycles. The molecule has 13 heavy (non-hydrogen) atoms. The van der Waals surface area contributed by atoms with E-state index in [0.717, 1.165) is 19.3 Å². The van der Waals surface area contributed by atoms with E-state index >= 15 is 0 Å². The van der Waals surface area contributed by atoms with Crippen LogP contribution in [0.3, 0.4) is 0 Å². The van der Waals surface area contributed by atoms with E-state index in [2.05, 4.69) is 10.6 Å². The molecule has 1 saturated carbocycles. The van der Waals surface area contributed by atoms with Crippen LogP contribution in [0.15, 0.2) is 0 Å². The second-order valence-corrected chi connectivity index (χ2v) is 3.62. The fourth-order valence-corrected chi connectivity index (χ4v) is 1.73. The van der Waals surface area contributed by atoms with Gasteiger partial charge in [0.2, 0.25) is 5.91 Å². The standard InChI is InChI=1S/C9H18N2O2/c1-10-6-9(13)11-7-3-2-4-8(12)5-7/h7-8,10,12H,2-6H2,1H3,(H,11,13). The third kappa shape index (κ3) is 3.74. The van der Waals surface area contributed by atoms with Crippen LogP contribution in [0.25, 0.3) is 0 Å². The average Bonchev–Trinajstić information content (AvgIpc) is 2.04. The van der Waals surface area contributed by atoms with Crippen molar-refractivity contribution in [3.8, 4) is 0 Å². The van der Waals surface area contributed by atoms with E-state index in [9.17, 15) is 9.90 Å². The maximum Gasteiger partial charge on any atom is 0.234 e. The molecule has 0 bridgehead atoms. The van der Waals surface area contributed by atoms with Crippen molar-refractivity contribution >= 4 is 5.91 Å². The predicted octanol–water partition coefficient (Wildman–Crippen LogP) is -0.374. The van der Waals surface area contributed by atoms with Crippen LogP contribution in [0.5, 0.6) is 0 Å². The highest BCUT2D eigenvalue weighted by molar-refractivity contribution is 5.78. The maximum absolute atomic E-state index is 11.2. The number of aliphatic hydroxyl groups is 1. The summed E-state index contributed by atoms with van der Waals surface area (Å²) in [6.07, 6.45) is 3.35. The van der Waals surface area contributed by atoms with Crippen molar-refractivity contribution in [2.24, 2.45) is 0 Å². The lowest BCUT2D eigenvalue weighted by Crippen LogP contribution is -2.42. The van der Waals surface area contributed by atoms with Gasteiger partial charge in [-0.3, -0.25) is 4.79 Å². The fourth-order valence-electron chi connectivity index (χ4n) is 1.73. The van der Waals surface area contributed by atoms with Crippen molar-refractivity contribution in [1.82, 2.24) is 10.6 Å². The van der Waals surface area contributed by atoms with Gasteiger partial charge < -0.3 is 15.7 Å². The minimum absolute atomic E-state index is 0.0154. The SMILES string of the molecule is CNCC(=O)NC1CCCC(O)C1. The molecule has 0 aliphatic heterocycles. The summed E-state index contributed by atoms with van der Waals surface area (Å²) >= 11 is 0. The molecule has 0 saturated heterocycles. The summed E-state index contributed by atoms with van der Waals surface area (Å²) < 4.78 is 0. The lowest BCUT2D eigenvalue weighted by molar-refractivity contribution is -0.121. The molecule has 3 N–H and O–H groups in total. The van der Waals surface area contributed by atoms with E-state index in [1.165, 1.54) is 0 Å². The van der Waals surface area contributed by atoms with Gasteiger partial charge in [0.15, 0.2) is 0 Å². The van der Waals surface area contributed by atoms with Crippen LogP contribution < -0.4 is 10.6 Å². The quantitative estimate of drug-likeness (QED) is 0.563. The third-order valence-corrected chi connectivity index (χ3v) is 2.35. The maximum atomic E-state index is 11.2.